The molecule has 9 N–H and O–H groups in total. The highest BCUT2D eigenvalue weighted by molar-refractivity contribution is 8.14. The number of aromatic nitrogens is 7. The molecular weight excluding hydrogens is 1700 g/mol. The number of ether oxygens (including phenoxy) is 13. The summed E-state index contributed by atoms with van der Waals surface area (Å²) in [7, 11) is 3.20. The number of aryl methyl sites for hydroxylation is 2. The molecule has 9 rings (SSSR count). The molecule has 0 unspecified atom stereocenters. The number of allylic oxidation sites excluding steroid dienone is 6. The minimum atomic E-state index is -2.49. The number of hydrogen-bond donors (Lipinski definition) is 7. The summed E-state index contributed by atoms with van der Waals surface area (Å²) in [5.41, 5.74) is 17.6. The molecule has 1 aromatic carbocycles. The van der Waals surface area contributed by atoms with Crippen LogP contribution in [-0.4, -0.2) is 314 Å². The van der Waals surface area contributed by atoms with E-state index in [1.807, 2.05) is 56.5 Å². The first-order chi connectivity index (χ1) is 62.8. The molecule has 37 heteroatoms. The van der Waals surface area contributed by atoms with Crippen molar-refractivity contribution in [1.29, 1.82) is 0 Å². The number of nitrogens with two attached hydrogens (primary N) is 2. The SMILES string of the molecule is CO[C@H]1C[C@@H]2CC[C@@H](C)[C@@](O)(O2)C(=O)C(=O)N2CCCC[C@H]2C(=O)O[C@H]([C@H](N)C[C@@H]2CC[C@@H](OCCCCc3cn(CCOCCOCCOCCOCCOCCOCCOCCOCCC(=O)NCCCCn4nc(-c5cccc(C(=O)NC6=NCCS6)c5)c5c(N)ncnc54)nn3)[C@H](OC)C2)CC(=O)[C@H](C)/C=C(\C)[C@@H](O)[C@@H](O)C(=O)[C@H](C)C[C@H](C)/C=C/C=CC=C1C. The van der Waals surface area contributed by atoms with Crippen LogP contribution in [0.25, 0.3) is 22.3 Å². The van der Waals surface area contributed by atoms with Crippen molar-refractivity contribution in [3.63, 3.8) is 0 Å². The molecule has 36 nitrogen and oxygen atoms in total. The van der Waals surface area contributed by atoms with E-state index in [1.165, 1.54) is 31.1 Å². The summed E-state index contributed by atoms with van der Waals surface area (Å²) in [5.74, 6) is -8.12. The third kappa shape index (κ3) is 34.1. The van der Waals surface area contributed by atoms with Crippen LogP contribution in [0.5, 0.6) is 0 Å². The Morgan fingerprint density at radius 2 is 1.42 bits per heavy atom. The normalized spacial score (nSPS) is 26.0. The minimum absolute atomic E-state index is 0.0249. The maximum Gasteiger partial charge on any atom is 0.329 e. The van der Waals surface area contributed by atoms with E-state index in [4.69, 9.17) is 78.1 Å². The topological polar surface area (TPSA) is 466 Å². The second-order valence-corrected chi connectivity index (χ2v) is 35.2. The number of unbranched alkanes of at least 4 members (excludes halogenated alkanes) is 2. The molecule has 15 atom stereocenters. The molecule has 1 aliphatic carbocycles. The van der Waals surface area contributed by atoms with Gasteiger partial charge in [0.05, 0.1) is 154 Å². The summed E-state index contributed by atoms with van der Waals surface area (Å²) in [6, 6.07) is 5.05. The molecule has 3 amide bonds. The molecular formula is C93H141N13O23S. The molecule has 722 valence electrons. The number of piperidine rings is 1. The number of aliphatic imine (C=N–C) groups is 1. The predicted octanol–water partition coefficient (Wildman–Crippen LogP) is 7.20. The van der Waals surface area contributed by atoms with Crippen molar-refractivity contribution in [2.24, 2.45) is 40.3 Å². The van der Waals surface area contributed by atoms with Crippen LogP contribution in [0.4, 0.5) is 5.82 Å². The monoisotopic (exact) mass is 1840 g/mol. The Labute approximate surface area is 767 Å². The fraction of sp³-hybridized carbons (Fsp3) is 0.688. The van der Waals surface area contributed by atoms with E-state index in [1.54, 1.807) is 62.6 Å². The van der Waals surface area contributed by atoms with Gasteiger partial charge in [-0.2, -0.15) is 5.10 Å². The van der Waals surface area contributed by atoms with Crippen molar-refractivity contribution in [2.75, 3.05) is 158 Å². The fourth-order valence-electron chi connectivity index (χ4n) is 16.5. The van der Waals surface area contributed by atoms with Crippen molar-refractivity contribution < 1.29 is 110 Å². The molecule has 0 radical (unpaired) electrons. The Balaban J connectivity index is 0.576. The Hall–Kier alpha value is -8.06. The second-order valence-electron chi connectivity index (χ2n) is 34.1. The number of ketones is 3. The Kier molecular flexibility index (Phi) is 46.2. The number of carbonyl (C=O) groups excluding carboxylic acids is 7. The number of aliphatic hydroxyl groups excluding tert-OH is 2. The number of amidine groups is 1. The van der Waals surface area contributed by atoms with Crippen LogP contribution >= 0.6 is 11.8 Å². The van der Waals surface area contributed by atoms with Gasteiger partial charge in [0.25, 0.3) is 17.6 Å². The van der Waals surface area contributed by atoms with E-state index in [2.05, 4.69) is 35.9 Å². The average molecular weight is 1840 g/mol. The molecule has 0 spiro atoms. The number of esters is 1. The number of nitrogens with zero attached hydrogens (tertiary/aromatic N) is 9. The minimum Gasteiger partial charge on any atom is -0.459 e. The van der Waals surface area contributed by atoms with Crippen molar-refractivity contribution in [3.8, 4) is 11.3 Å². The lowest BCUT2D eigenvalue weighted by atomic mass is 9.80. The number of rotatable bonds is 45. The number of anilines is 1. The lowest BCUT2D eigenvalue weighted by Crippen LogP contribution is -2.61. The van der Waals surface area contributed by atoms with E-state index in [0.29, 0.717) is 248 Å². The molecule has 1 saturated carbocycles. The lowest BCUT2D eigenvalue weighted by molar-refractivity contribution is -0.265. The molecule has 130 heavy (non-hydrogen) atoms. The van der Waals surface area contributed by atoms with Crippen LogP contribution in [0.15, 0.2) is 89.4 Å². The summed E-state index contributed by atoms with van der Waals surface area (Å²) in [5, 5.41) is 55.2. The molecule has 2 saturated heterocycles. The zero-order valence-corrected chi connectivity index (χ0v) is 77.9. The van der Waals surface area contributed by atoms with Crippen LogP contribution in [-0.2, 0) is 110 Å². The van der Waals surface area contributed by atoms with Crippen molar-refractivity contribution in [1.82, 2.24) is 50.3 Å². The number of nitrogens with one attached hydrogen (secondary N) is 2. The number of fused-ring (bicyclic) bond motifs is 4. The number of hydrogen-bond acceptors (Lipinski definition) is 32. The van der Waals surface area contributed by atoms with Crippen LogP contribution in [0.2, 0.25) is 0 Å². The van der Waals surface area contributed by atoms with Crippen molar-refractivity contribution in [3.05, 3.63) is 95.6 Å². The van der Waals surface area contributed by atoms with E-state index < -0.39 is 95.4 Å². The third-order valence-corrected chi connectivity index (χ3v) is 25.0. The van der Waals surface area contributed by atoms with Crippen molar-refractivity contribution in [2.45, 2.75) is 231 Å². The standard InChI is InChI=1S/C93H141N13O23S/c1-62-19-10-9-11-20-63(2)77(117-7)58-72-27-25-67(6)93(116,129-72)86(112)90(114)105-32-15-12-24-74(105)91(115)128-78(59-75(107)64(3)54-66(5)84(110)85(111)83(109)65(4)53-62)73(94)55-68-26-28-76(79(56-68)118-8)127-35-17-13-23-71-60-104(103-101-71)34-37-120-39-41-122-43-45-124-47-49-126-51-50-125-48-46-123-44-42-121-40-38-119-36-29-80(108)96-30-14-16-33-106-88-81(87(95)98-61-99-88)82(102-106)69-21-18-22-70(57-69)89(113)100-92-97-31-52-130-92/h9-11,18-22,54,57,60-62,64-65,67-68,72-74,76-79,84-85,110-111,116H,12-17,23-53,55-56,58-59,94H2,1-8H3,(H,96,108)(H2,95,98,99)(H,97,100,113)/b11-9?,19-10+,63-20?,66-54+/t62-,64-,65-,67-,68+,72+,73-,74+,76-,77+,78+,79-,84-,85+,93-/m1/s1. The summed E-state index contributed by atoms with van der Waals surface area (Å²) in [6.45, 7) is 19.6. The maximum absolute atomic E-state index is 14.7. The number of cyclic esters (lactones) is 1. The van der Waals surface area contributed by atoms with Crippen LogP contribution < -0.4 is 22.1 Å². The number of thioether (sulfide) groups is 1. The molecule has 2 bridgehead atoms. The van der Waals surface area contributed by atoms with Crippen LogP contribution in [0.3, 0.4) is 0 Å². The highest BCUT2D eigenvalue weighted by atomic mass is 32.2. The number of carbonyl (C=O) groups is 7. The molecule has 7 heterocycles. The first-order valence-corrected chi connectivity index (χ1v) is 47.2. The van der Waals surface area contributed by atoms with Gasteiger partial charge >= 0.3 is 5.97 Å². The first-order valence-electron chi connectivity index (χ1n) is 46.2. The predicted molar refractivity (Wildman–Crippen MR) is 487 cm³/mol. The van der Waals surface area contributed by atoms with E-state index in [9.17, 15) is 48.9 Å². The van der Waals surface area contributed by atoms with Gasteiger partial charge in [-0.25, -0.2) is 24.1 Å². The van der Waals surface area contributed by atoms with E-state index in [-0.39, 0.29) is 80.3 Å². The van der Waals surface area contributed by atoms with Gasteiger partial charge < -0.3 is 104 Å². The van der Waals surface area contributed by atoms with Gasteiger partial charge in [-0.3, -0.25) is 33.8 Å². The van der Waals surface area contributed by atoms with Gasteiger partial charge in [-0.15, -0.1) is 5.10 Å². The summed E-state index contributed by atoms with van der Waals surface area (Å²) < 4.78 is 79.4. The highest BCUT2D eigenvalue weighted by Crippen LogP contribution is 2.39. The summed E-state index contributed by atoms with van der Waals surface area (Å²) in [6.07, 6.45) is 16.6. The number of benzene rings is 1. The van der Waals surface area contributed by atoms with Gasteiger partial charge in [0.15, 0.2) is 16.6 Å². The van der Waals surface area contributed by atoms with Gasteiger partial charge in [-0.1, -0.05) is 93.3 Å². The largest absolute Gasteiger partial charge is 0.459 e. The quantitative estimate of drug-likeness (QED) is 0.00995. The first kappa shape index (κ1) is 106. The van der Waals surface area contributed by atoms with Gasteiger partial charge in [0.1, 0.15) is 48.0 Å². The van der Waals surface area contributed by atoms with Crippen LogP contribution in [0.1, 0.15) is 167 Å². The maximum atomic E-state index is 14.7. The van der Waals surface area contributed by atoms with E-state index >= 15 is 0 Å². The van der Waals surface area contributed by atoms with Gasteiger partial charge in [0.2, 0.25) is 11.7 Å². The summed E-state index contributed by atoms with van der Waals surface area (Å²) >= 11 is 1.51. The summed E-state index contributed by atoms with van der Waals surface area (Å²) in [4.78, 5) is 111. The highest BCUT2D eigenvalue weighted by Gasteiger charge is 2.53. The lowest BCUT2D eigenvalue weighted by Gasteiger charge is -2.42. The fourth-order valence-corrected chi connectivity index (χ4v) is 17.2. The number of nitrogen functional groups attached to an aromatic ring is 1. The zero-order valence-electron chi connectivity index (χ0n) is 77.1. The smallest absolute Gasteiger partial charge is 0.329 e. The van der Waals surface area contributed by atoms with E-state index in [0.717, 1.165) is 34.8 Å². The molecule has 3 fully saturated rings. The zero-order chi connectivity index (χ0) is 93.2. The number of Topliss-reactive ketones (excluding diaryl/α,β-unsaturated/α-hetero) is 3. The number of amides is 3. The van der Waals surface area contributed by atoms with Crippen molar-refractivity contribution >= 4 is 74.8 Å². The second kappa shape index (κ2) is 56.8. The molecule has 4 aromatic rings. The Morgan fingerprint density at radius 1 is 0.731 bits per heavy atom. The molecule has 4 aliphatic heterocycles. The average Bonchev–Trinajstić information content (AvgIpc) is 1.63. The van der Waals surface area contributed by atoms with Gasteiger partial charge in [0, 0.05) is 107 Å². The number of aliphatic hydroxyl groups is 3. The Morgan fingerprint density at radius 3 is 2.10 bits per heavy atom. The van der Waals surface area contributed by atoms with Gasteiger partial charge in [-0.05, 0) is 145 Å². The molecule has 3 aromatic heterocycles. The molecule has 5 aliphatic rings. The van der Waals surface area contributed by atoms with Crippen LogP contribution in [0, 0.1) is 29.6 Å². The number of methoxy groups -OCH3 is 2. The Bertz CT molecular complexity index is 4340. The third-order valence-electron chi connectivity index (χ3n) is 24.1.